The molecule has 5 rings (SSSR count). The molecule has 0 unspecified atom stereocenters. The Morgan fingerprint density at radius 3 is 3.23 bits per heavy atom. The van der Waals surface area contributed by atoms with Gasteiger partial charge >= 0.3 is 0 Å². The van der Waals surface area contributed by atoms with Crippen molar-refractivity contribution in [1.82, 2.24) is 15.1 Å². The van der Waals surface area contributed by atoms with Crippen LogP contribution < -0.4 is 10.1 Å². The van der Waals surface area contributed by atoms with Gasteiger partial charge in [0.15, 0.2) is 0 Å². The quantitative estimate of drug-likeness (QED) is 0.757. The second-order valence-electron chi connectivity index (χ2n) is 7.43. The van der Waals surface area contributed by atoms with Crippen LogP contribution in [-0.2, 0) is 13.0 Å². The minimum absolute atomic E-state index is 0.492. The van der Waals surface area contributed by atoms with Gasteiger partial charge in [-0.1, -0.05) is 12.1 Å². The Hall–Kier alpha value is -2.53. The Morgan fingerprint density at radius 2 is 2.23 bits per heavy atom. The van der Waals surface area contributed by atoms with Crippen LogP contribution in [0.3, 0.4) is 0 Å². The number of hydrogen-bond acceptors (Lipinski definition) is 4. The van der Waals surface area contributed by atoms with Crippen LogP contribution in [0, 0.1) is 0 Å². The molecule has 2 aliphatic heterocycles. The molecule has 1 atom stereocenters. The number of nitrogens with one attached hydrogen (secondary N) is 2. The van der Waals surface area contributed by atoms with Crippen LogP contribution in [0.5, 0.6) is 5.75 Å². The number of aromatic nitrogens is 2. The fraction of sp³-hybridized carbons (Fsp3) is 0.381. The first-order chi connectivity index (χ1) is 12.8. The van der Waals surface area contributed by atoms with E-state index in [4.69, 9.17) is 4.74 Å². The van der Waals surface area contributed by atoms with Crippen molar-refractivity contribution < 1.29 is 4.74 Å². The molecule has 0 saturated carbocycles. The number of anilines is 1. The molecular formula is C21H24N4O. The van der Waals surface area contributed by atoms with Crippen LogP contribution in [0.1, 0.15) is 24.0 Å². The third kappa shape index (κ3) is 3.15. The minimum Gasteiger partial charge on any atom is -0.493 e. The molecule has 0 amide bonds. The molecule has 2 aromatic carbocycles. The molecule has 1 saturated heterocycles. The van der Waals surface area contributed by atoms with Crippen molar-refractivity contribution >= 4 is 16.6 Å². The first-order valence-corrected chi connectivity index (χ1v) is 9.50. The SMILES string of the molecule is c1cc2c(cc1CN1CCC[C@@H](Nc3ccc4[nH]ncc4c3)C1)CCO2. The summed E-state index contributed by atoms with van der Waals surface area (Å²) in [4.78, 5) is 2.56. The summed E-state index contributed by atoms with van der Waals surface area (Å²) in [7, 11) is 0. The molecule has 0 aliphatic carbocycles. The Kier molecular flexibility index (Phi) is 4.02. The summed E-state index contributed by atoms with van der Waals surface area (Å²) in [6.45, 7) is 4.10. The number of rotatable bonds is 4. The van der Waals surface area contributed by atoms with Crippen LogP contribution in [0.2, 0.25) is 0 Å². The molecule has 1 fully saturated rings. The number of H-pyrrole nitrogens is 1. The van der Waals surface area contributed by atoms with Crippen molar-refractivity contribution in [2.45, 2.75) is 31.8 Å². The fourth-order valence-electron chi connectivity index (χ4n) is 4.18. The molecular weight excluding hydrogens is 324 g/mol. The number of nitrogens with zero attached hydrogens (tertiary/aromatic N) is 2. The van der Waals surface area contributed by atoms with Crippen molar-refractivity contribution in [3.63, 3.8) is 0 Å². The van der Waals surface area contributed by atoms with Gasteiger partial charge in [-0.15, -0.1) is 0 Å². The maximum absolute atomic E-state index is 5.62. The lowest BCUT2D eigenvalue weighted by atomic mass is 10.0. The van der Waals surface area contributed by atoms with Crippen molar-refractivity contribution in [3.05, 3.63) is 53.7 Å². The maximum atomic E-state index is 5.62. The highest BCUT2D eigenvalue weighted by Gasteiger charge is 2.21. The van der Waals surface area contributed by atoms with E-state index in [1.807, 2.05) is 6.20 Å². The molecule has 5 nitrogen and oxygen atoms in total. The molecule has 1 aromatic heterocycles. The average Bonchev–Trinajstić information content (AvgIpc) is 3.30. The summed E-state index contributed by atoms with van der Waals surface area (Å²) < 4.78 is 5.62. The third-order valence-electron chi connectivity index (χ3n) is 5.48. The first-order valence-electron chi connectivity index (χ1n) is 9.50. The molecule has 2 N–H and O–H groups in total. The number of piperidine rings is 1. The van der Waals surface area contributed by atoms with E-state index in [-0.39, 0.29) is 0 Å². The molecule has 3 aromatic rings. The molecule has 2 aliphatic rings. The van der Waals surface area contributed by atoms with Crippen molar-refractivity contribution in [2.75, 3.05) is 25.0 Å². The third-order valence-corrected chi connectivity index (χ3v) is 5.48. The van der Waals surface area contributed by atoms with Gasteiger partial charge in [0.1, 0.15) is 5.75 Å². The molecule has 26 heavy (non-hydrogen) atoms. The zero-order chi connectivity index (χ0) is 17.3. The molecule has 0 bridgehead atoms. The lowest BCUT2D eigenvalue weighted by Gasteiger charge is -2.33. The fourth-order valence-corrected chi connectivity index (χ4v) is 4.18. The smallest absolute Gasteiger partial charge is 0.122 e. The zero-order valence-corrected chi connectivity index (χ0v) is 14.9. The summed E-state index contributed by atoms with van der Waals surface area (Å²) in [6.07, 6.45) is 5.38. The van der Waals surface area contributed by atoms with Crippen molar-refractivity contribution in [1.29, 1.82) is 0 Å². The second-order valence-corrected chi connectivity index (χ2v) is 7.43. The van der Waals surface area contributed by atoms with E-state index in [1.165, 1.54) is 36.2 Å². The molecule has 0 radical (unpaired) electrons. The topological polar surface area (TPSA) is 53.2 Å². The summed E-state index contributed by atoms with van der Waals surface area (Å²) >= 11 is 0. The van der Waals surface area contributed by atoms with E-state index in [1.54, 1.807) is 0 Å². The predicted octanol–water partition coefficient (Wildman–Crippen LogP) is 3.57. The van der Waals surface area contributed by atoms with E-state index >= 15 is 0 Å². The van der Waals surface area contributed by atoms with E-state index < -0.39 is 0 Å². The average molecular weight is 348 g/mol. The molecule has 5 heteroatoms. The Labute approximate surface area is 153 Å². The molecule has 0 spiro atoms. The predicted molar refractivity (Wildman–Crippen MR) is 104 cm³/mol. The summed E-state index contributed by atoms with van der Waals surface area (Å²) in [5.74, 6) is 1.07. The van der Waals surface area contributed by atoms with Crippen LogP contribution in [-0.4, -0.2) is 40.8 Å². The Balaban J connectivity index is 1.24. The summed E-state index contributed by atoms with van der Waals surface area (Å²) in [6, 6.07) is 13.6. The lowest BCUT2D eigenvalue weighted by Crippen LogP contribution is -2.41. The molecule has 134 valence electrons. The van der Waals surface area contributed by atoms with Gasteiger partial charge in [0.25, 0.3) is 0 Å². The maximum Gasteiger partial charge on any atom is 0.122 e. The molecule has 3 heterocycles. The van der Waals surface area contributed by atoms with Gasteiger partial charge in [0.05, 0.1) is 18.3 Å². The Bertz CT molecular complexity index is 919. The van der Waals surface area contributed by atoms with Crippen LogP contribution in [0.25, 0.3) is 10.9 Å². The van der Waals surface area contributed by atoms with Gasteiger partial charge in [-0.25, -0.2) is 0 Å². The second kappa shape index (κ2) is 6.65. The van der Waals surface area contributed by atoms with Crippen molar-refractivity contribution in [2.24, 2.45) is 0 Å². The largest absolute Gasteiger partial charge is 0.493 e. The lowest BCUT2D eigenvalue weighted by molar-refractivity contribution is 0.208. The summed E-state index contributed by atoms with van der Waals surface area (Å²) in [5, 5.41) is 12.0. The number of aromatic amines is 1. The van der Waals surface area contributed by atoms with Crippen LogP contribution in [0.4, 0.5) is 5.69 Å². The van der Waals surface area contributed by atoms with Crippen LogP contribution >= 0.6 is 0 Å². The van der Waals surface area contributed by atoms with Crippen LogP contribution in [0.15, 0.2) is 42.6 Å². The highest BCUT2D eigenvalue weighted by Crippen LogP contribution is 2.27. The highest BCUT2D eigenvalue weighted by atomic mass is 16.5. The van der Waals surface area contributed by atoms with Gasteiger partial charge in [-0.3, -0.25) is 10.00 Å². The number of ether oxygens (including phenoxy) is 1. The number of hydrogen-bond donors (Lipinski definition) is 2. The van der Waals surface area contributed by atoms with Gasteiger partial charge in [-0.05, 0) is 54.8 Å². The summed E-state index contributed by atoms with van der Waals surface area (Å²) in [5.41, 5.74) is 5.03. The van der Waals surface area contributed by atoms with E-state index in [0.29, 0.717) is 6.04 Å². The monoisotopic (exact) mass is 348 g/mol. The Morgan fingerprint density at radius 1 is 1.23 bits per heavy atom. The number of likely N-dealkylation sites (tertiary alicyclic amines) is 1. The number of fused-ring (bicyclic) bond motifs is 2. The van der Waals surface area contributed by atoms with E-state index in [0.717, 1.165) is 42.8 Å². The minimum atomic E-state index is 0.492. The van der Waals surface area contributed by atoms with Gasteiger partial charge < -0.3 is 10.1 Å². The van der Waals surface area contributed by atoms with Gasteiger partial charge in [0.2, 0.25) is 0 Å². The normalized spacial score (nSPS) is 20.1. The van der Waals surface area contributed by atoms with Crippen molar-refractivity contribution in [3.8, 4) is 5.75 Å². The first kappa shape index (κ1) is 15.7. The van der Waals surface area contributed by atoms with Gasteiger partial charge in [0, 0.05) is 36.6 Å². The highest BCUT2D eigenvalue weighted by molar-refractivity contribution is 5.81. The van der Waals surface area contributed by atoms with Gasteiger partial charge in [-0.2, -0.15) is 5.10 Å². The zero-order valence-electron chi connectivity index (χ0n) is 14.9. The van der Waals surface area contributed by atoms with E-state index in [2.05, 4.69) is 56.8 Å². The standard InChI is InChI=1S/C21H24N4O/c1-2-19(23-18-4-5-20-17(11-18)12-22-24-20)14-25(8-1)13-15-3-6-21-16(10-15)7-9-26-21/h3-6,10-12,19,23H,1-2,7-9,13-14H2,(H,22,24)/t19-/m1/s1. The van der Waals surface area contributed by atoms with E-state index in [9.17, 15) is 0 Å². The number of benzene rings is 2.